The van der Waals surface area contributed by atoms with Crippen molar-refractivity contribution in [3.63, 3.8) is 0 Å². The van der Waals surface area contributed by atoms with E-state index in [1.54, 1.807) is 62.4 Å². The normalized spacial score (nSPS) is 10.9. The molecule has 0 spiro atoms. The molecule has 9 nitrogen and oxygen atoms in total. The van der Waals surface area contributed by atoms with E-state index in [2.05, 4.69) is 5.32 Å². The van der Waals surface area contributed by atoms with Crippen LogP contribution >= 0.6 is 0 Å². The van der Waals surface area contributed by atoms with Crippen molar-refractivity contribution >= 4 is 29.3 Å². The molecule has 0 radical (unpaired) electrons. The Morgan fingerprint density at radius 2 is 1.91 bits per heavy atom. The van der Waals surface area contributed by atoms with Crippen LogP contribution in [0, 0.1) is 28.4 Å². The number of nitrogens with one attached hydrogen (secondary N) is 1. The Balaban J connectivity index is 1.79. The molecule has 0 saturated heterocycles. The number of carbonyl (C=O) groups is 2. The van der Waals surface area contributed by atoms with Gasteiger partial charge in [-0.25, -0.2) is 4.79 Å². The summed E-state index contributed by atoms with van der Waals surface area (Å²) in [6, 6.07) is 16.0. The van der Waals surface area contributed by atoms with Crippen LogP contribution in [0.2, 0.25) is 0 Å². The number of aryl methyl sites for hydroxylation is 1. The van der Waals surface area contributed by atoms with Crippen LogP contribution in [0.5, 0.6) is 0 Å². The number of esters is 1. The highest BCUT2D eigenvalue weighted by molar-refractivity contribution is 6.10. The lowest BCUT2D eigenvalue weighted by Crippen LogP contribution is -2.14. The van der Waals surface area contributed by atoms with Crippen LogP contribution in [-0.2, 0) is 9.53 Å². The van der Waals surface area contributed by atoms with Gasteiger partial charge in [-0.1, -0.05) is 18.2 Å². The average Bonchev–Trinajstić information content (AvgIpc) is 3.27. The largest absolute Gasteiger partial charge is 0.462 e. The second-order valence-electron chi connectivity index (χ2n) is 6.90. The third-order valence-electron chi connectivity index (χ3n) is 4.56. The molecule has 9 heteroatoms. The van der Waals surface area contributed by atoms with E-state index in [1.807, 2.05) is 0 Å². The first-order chi connectivity index (χ1) is 15.8. The molecule has 0 aliphatic carbocycles. The Bertz CT molecular complexity index is 1280. The van der Waals surface area contributed by atoms with Gasteiger partial charge in [-0.3, -0.25) is 14.9 Å². The molecule has 0 saturated carbocycles. The van der Waals surface area contributed by atoms with E-state index in [9.17, 15) is 25.0 Å². The number of anilines is 1. The quantitative estimate of drug-likeness (QED) is 0.180. The predicted octanol–water partition coefficient (Wildman–Crippen LogP) is 4.89. The minimum atomic E-state index is -0.804. The SMILES string of the molecule is CCOC(=O)c1ccc(-c2ccc(/C=C(\C#N)C(=O)Nc3ccc(C)cc3[N+](=O)[O-])o2)cc1. The molecule has 0 aliphatic rings. The van der Waals surface area contributed by atoms with Crippen LogP contribution in [0.25, 0.3) is 17.4 Å². The smallest absolute Gasteiger partial charge is 0.338 e. The molecule has 0 aliphatic heterocycles. The van der Waals surface area contributed by atoms with Gasteiger partial charge in [0.2, 0.25) is 0 Å². The maximum atomic E-state index is 12.5. The van der Waals surface area contributed by atoms with Crippen LogP contribution in [0.15, 0.2) is 64.6 Å². The number of rotatable bonds is 7. The molecule has 33 heavy (non-hydrogen) atoms. The van der Waals surface area contributed by atoms with Gasteiger partial charge in [-0.05, 0) is 49.7 Å². The third kappa shape index (κ3) is 5.51. The summed E-state index contributed by atoms with van der Waals surface area (Å²) in [5.74, 6) is -0.528. The van der Waals surface area contributed by atoms with E-state index in [1.165, 1.54) is 18.2 Å². The zero-order chi connectivity index (χ0) is 24.0. The van der Waals surface area contributed by atoms with Gasteiger partial charge in [-0.15, -0.1) is 0 Å². The van der Waals surface area contributed by atoms with E-state index in [-0.39, 0.29) is 29.3 Å². The summed E-state index contributed by atoms with van der Waals surface area (Å²) in [6.45, 7) is 3.70. The van der Waals surface area contributed by atoms with E-state index < -0.39 is 16.8 Å². The maximum absolute atomic E-state index is 12.5. The highest BCUT2D eigenvalue weighted by Gasteiger charge is 2.18. The topological polar surface area (TPSA) is 135 Å². The van der Waals surface area contributed by atoms with Gasteiger partial charge >= 0.3 is 5.97 Å². The molecule has 0 bridgehead atoms. The number of hydrogen-bond donors (Lipinski definition) is 1. The first kappa shape index (κ1) is 23.0. The van der Waals surface area contributed by atoms with E-state index in [0.29, 0.717) is 22.5 Å². The summed E-state index contributed by atoms with van der Waals surface area (Å²) in [5.41, 5.74) is 1.17. The van der Waals surface area contributed by atoms with Crippen molar-refractivity contribution < 1.29 is 23.7 Å². The number of amides is 1. The fourth-order valence-corrected chi connectivity index (χ4v) is 2.95. The van der Waals surface area contributed by atoms with Gasteiger partial charge in [0.15, 0.2) is 0 Å². The number of nitriles is 1. The molecule has 3 aromatic rings. The maximum Gasteiger partial charge on any atom is 0.338 e. The fraction of sp³-hybridized carbons (Fsp3) is 0.125. The second-order valence-corrected chi connectivity index (χ2v) is 6.90. The summed E-state index contributed by atoms with van der Waals surface area (Å²) in [6.07, 6.45) is 1.24. The van der Waals surface area contributed by atoms with Crippen molar-refractivity contribution in [3.8, 4) is 17.4 Å². The molecule has 166 valence electrons. The van der Waals surface area contributed by atoms with Crippen molar-refractivity contribution in [2.75, 3.05) is 11.9 Å². The third-order valence-corrected chi connectivity index (χ3v) is 4.56. The van der Waals surface area contributed by atoms with Crippen LogP contribution in [0.4, 0.5) is 11.4 Å². The van der Waals surface area contributed by atoms with Gasteiger partial charge in [0.25, 0.3) is 11.6 Å². The van der Waals surface area contributed by atoms with Crippen molar-refractivity contribution in [3.05, 3.63) is 87.2 Å². The van der Waals surface area contributed by atoms with Crippen LogP contribution in [0.3, 0.4) is 0 Å². The van der Waals surface area contributed by atoms with Gasteiger partial charge in [0, 0.05) is 17.7 Å². The Morgan fingerprint density at radius 3 is 2.55 bits per heavy atom. The standard InChI is InChI=1S/C24H19N3O6/c1-3-32-24(29)17-7-5-16(6-8-17)22-11-9-19(33-22)13-18(14-25)23(28)26-20-10-4-15(2)12-21(20)27(30)31/h4-13H,3H2,1-2H3,(H,26,28)/b18-13+. The van der Waals surface area contributed by atoms with Crippen molar-refractivity contribution in [2.45, 2.75) is 13.8 Å². The number of benzene rings is 2. The predicted molar refractivity (Wildman–Crippen MR) is 120 cm³/mol. The highest BCUT2D eigenvalue weighted by atomic mass is 16.6. The molecule has 2 aromatic carbocycles. The first-order valence-electron chi connectivity index (χ1n) is 9.88. The Kier molecular flexibility index (Phi) is 7.00. The summed E-state index contributed by atoms with van der Waals surface area (Å²) in [5, 5.41) is 23.1. The number of furan rings is 1. The Morgan fingerprint density at radius 1 is 1.18 bits per heavy atom. The molecule has 1 N–H and O–H groups in total. The molecule has 0 fully saturated rings. The van der Waals surface area contributed by atoms with Crippen LogP contribution in [0.1, 0.15) is 28.6 Å². The monoisotopic (exact) mass is 445 g/mol. The number of ether oxygens (including phenoxy) is 1. The lowest BCUT2D eigenvalue weighted by atomic mass is 10.1. The van der Waals surface area contributed by atoms with Crippen LogP contribution < -0.4 is 5.32 Å². The van der Waals surface area contributed by atoms with Crippen molar-refractivity contribution in [1.29, 1.82) is 5.26 Å². The second kappa shape index (κ2) is 10.1. The van der Waals surface area contributed by atoms with Crippen molar-refractivity contribution in [1.82, 2.24) is 0 Å². The van der Waals surface area contributed by atoms with E-state index in [0.717, 1.165) is 0 Å². The molecule has 1 aromatic heterocycles. The molecule has 0 unspecified atom stereocenters. The number of hydrogen-bond acceptors (Lipinski definition) is 7. The number of nitro benzene ring substituents is 1. The van der Waals surface area contributed by atoms with Gasteiger partial charge in [0.1, 0.15) is 28.9 Å². The molecule has 1 heterocycles. The zero-order valence-corrected chi connectivity index (χ0v) is 17.8. The summed E-state index contributed by atoms with van der Waals surface area (Å²) in [7, 11) is 0. The first-order valence-corrected chi connectivity index (χ1v) is 9.88. The fourth-order valence-electron chi connectivity index (χ4n) is 2.95. The number of nitrogens with zero attached hydrogens (tertiary/aromatic N) is 2. The minimum absolute atomic E-state index is 0.0152. The lowest BCUT2D eigenvalue weighted by Gasteiger charge is -2.06. The number of carbonyl (C=O) groups excluding carboxylic acids is 2. The van der Waals surface area contributed by atoms with Crippen LogP contribution in [-0.4, -0.2) is 23.4 Å². The highest BCUT2D eigenvalue weighted by Crippen LogP contribution is 2.27. The van der Waals surface area contributed by atoms with Gasteiger partial charge in [0.05, 0.1) is 17.1 Å². The molecule has 0 atom stereocenters. The summed E-state index contributed by atoms with van der Waals surface area (Å²) in [4.78, 5) is 34.9. The average molecular weight is 445 g/mol. The van der Waals surface area contributed by atoms with Crippen molar-refractivity contribution in [2.24, 2.45) is 0 Å². The minimum Gasteiger partial charge on any atom is -0.462 e. The van der Waals surface area contributed by atoms with Gasteiger partial charge in [-0.2, -0.15) is 5.26 Å². The molecule has 3 rings (SSSR count). The Labute approximate surface area is 189 Å². The van der Waals surface area contributed by atoms with Gasteiger partial charge < -0.3 is 14.5 Å². The number of nitro groups is 1. The molecular formula is C24H19N3O6. The zero-order valence-electron chi connectivity index (χ0n) is 17.8. The molecular weight excluding hydrogens is 426 g/mol. The lowest BCUT2D eigenvalue weighted by molar-refractivity contribution is -0.384. The summed E-state index contributed by atoms with van der Waals surface area (Å²) >= 11 is 0. The molecule has 1 amide bonds. The van der Waals surface area contributed by atoms with E-state index >= 15 is 0 Å². The Hall–Kier alpha value is -4.71. The van der Waals surface area contributed by atoms with E-state index in [4.69, 9.17) is 9.15 Å². The summed E-state index contributed by atoms with van der Waals surface area (Å²) < 4.78 is 10.6.